The molecule has 114 valence electrons. The Morgan fingerprint density at radius 3 is 2.43 bits per heavy atom. The Labute approximate surface area is 123 Å². The molecule has 21 heavy (non-hydrogen) atoms. The summed E-state index contributed by atoms with van der Waals surface area (Å²) >= 11 is 0. The maximum Gasteiger partial charge on any atom is 0.339 e. The second-order valence-electron chi connectivity index (χ2n) is 4.55. The van der Waals surface area contributed by atoms with E-state index in [1.807, 2.05) is 19.0 Å². The van der Waals surface area contributed by atoms with Crippen LogP contribution in [-0.2, 0) is 14.3 Å². The van der Waals surface area contributed by atoms with E-state index in [4.69, 9.17) is 0 Å². The molecule has 0 radical (unpaired) electrons. The predicted octanol–water partition coefficient (Wildman–Crippen LogP) is 0.0895. The molecule has 0 saturated carbocycles. The van der Waals surface area contributed by atoms with Crippen molar-refractivity contribution < 1.29 is 19.1 Å². The number of nitrogens with zero attached hydrogens (tertiary/aromatic N) is 1. The quantitative estimate of drug-likeness (QED) is 0.593. The van der Waals surface area contributed by atoms with Crippen molar-refractivity contribution >= 4 is 23.5 Å². The molecule has 0 aliphatic heterocycles. The van der Waals surface area contributed by atoms with Gasteiger partial charge in [-0.25, -0.2) is 4.79 Å². The third kappa shape index (κ3) is 5.23. The monoisotopic (exact) mass is 293 g/mol. The Morgan fingerprint density at radius 1 is 1.14 bits per heavy atom. The summed E-state index contributed by atoms with van der Waals surface area (Å²) in [5.74, 6) is -2.17. The number of esters is 1. The summed E-state index contributed by atoms with van der Waals surface area (Å²) in [4.78, 5) is 36.8. The van der Waals surface area contributed by atoms with E-state index in [9.17, 15) is 14.4 Å². The zero-order chi connectivity index (χ0) is 15.8. The van der Waals surface area contributed by atoms with E-state index in [0.717, 1.165) is 0 Å². The highest BCUT2D eigenvalue weighted by molar-refractivity contribution is 6.40. The summed E-state index contributed by atoms with van der Waals surface area (Å²) in [5, 5.41) is 4.89. The topological polar surface area (TPSA) is 87.7 Å². The van der Waals surface area contributed by atoms with E-state index in [-0.39, 0.29) is 11.3 Å². The normalized spacial score (nSPS) is 10.1. The van der Waals surface area contributed by atoms with Gasteiger partial charge in [-0.05, 0) is 26.2 Å². The van der Waals surface area contributed by atoms with E-state index in [2.05, 4.69) is 15.4 Å². The third-order valence-corrected chi connectivity index (χ3v) is 2.63. The molecule has 0 aliphatic rings. The van der Waals surface area contributed by atoms with E-state index < -0.39 is 17.8 Å². The van der Waals surface area contributed by atoms with Crippen LogP contribution in [0.25, 0.3) is 0 Å². The molecule has 0 aliphatic carbocycles. The van der Waals surface area contributed by atoms with Crippen molar-refractivity contribution in [3.05, 3.63) is 29.8 Å². The van der Waals surface area contributed by atoms with Crippen LogP contribution in [-0.4, -0.2) is 57.0 Å². The Bertz CT molecular complexity index is 529. The van der Waals surface area contributed by atoms with Crippen LogP contribution in [0.2, 0.25) is 0 Å². The molecule has 0 heterocycles. The van der Waals surface area contributed by atoms with Crippen LogP contribution >= 0.6 is 0 Å². The molecule has 7 nitrogen and oxygen atoms in total. The van der Waals surface area contributed by atoms with Gasteiger partial charge in [-0.1, -0.05) is 12.1 Å². The van der Waals surface area contributed by atoms with Crippen LogP contribution in [0, 0.1) is 0 Å². The molecule has 1 aromatic rings. The molecule has 0 saturated heterocycles. The first-order valence-corrected chi connectivity index (χ1v) is 6.37. The maximum absolute atomic E-state index is 11.8. The minimum absolute atomic E-state index is 0.189. The number of nitrogens with one attached hydrogen (secondary N) is 2. The van der Waals surface area contributed by atoms with Gasteiger partial charge in [0.05, 0.1) is 18.4 Å². The van der Waals surface area contributed by atoms with Crippen LogP contribution in [0.4, 0.5) is 5.69 Å². The first-order chi connectivity index (χ1) is 9.95. The largest absolute Gasteiger partial charge is 0.465 e. The lowest BCUT2D eigenvalue weighted by Crippen LogP contribution is -2.39. The number of methoxy groups -OCH3 is 1. The second kappa shape index (κ2) is 8.01. The summed E-state index contributed by atoms with van der Waals surface area (Å²) in [6.07, 6.45) is 0. The van der Waals surface area contributed by atoms with Crippen molar-refractivity contribution in [1.29, 1.82) is 0 Å². The lowest BCUT2D eigenvalue weighted by molar-refractivity contribution is -0.136. The Kier molecular flexibility index (Phi) is 6.35. The van der Waals surface area contributed by atoms with Gasteiger partial charge in [0.2, 0.25) is 0 Å². The number of para-hydroxylation sites is 1. The number of rotatable bonds is 5. The standard InChI is InChI=1S/C14H19N3O4/c1-17(2)9-8-15-12(18)13(19)16-11-7-5-4-6-10(11)14(20)21-3/h4-7H,8-9H2,1-3H3,(H,15,18)(H,16,19). The fourth-order valence-electron chi connectivity index (χ4n) is 1.53. The maximum atomic E-state index is 11.8. The lowest BCUT2D eigenvalue weighted by Gasteiger charge is -2.11. The number of hydrogen-bond acceptors (Lipinski definition) is 5. The van der Waals surface area contributed by atoms with Gasteiger partial charge < -0.3 is 20.3 Å². The van der Waals surface area contributed by atoms with Crippen LogP contribution in [0.15, 0.2) is 24.3 Å². The fraction of sp³-hybridized carbons (Fsp3) is 0.357. The number of carbonyl (C=O) groups is 3. The fourth-order valence-corrected chi connectivity index (χ4v) is 1.53. The molecule has 7 heteroatoms. The summed E-state index contributed by atoms with van der Waals surface area (Å²) in [5.41, 5.74) is 0.423. The van der Waals surface area contributed by atoms with Gasteiger partial charge in [0.15, 0.2) is 0 Å². The zero-order valence-electron chi connectivity index (χ0n) is 12.3. The highest BCUT2D eigenvalue weighted by Crippen LogP contribution is 2.15. The van der Waals surface area contributed by atoms with Gasteiger partial charge in [-0.15, -0.1) is 0 Å². The van der Waals surface area contributed by atoms with Gasteiger partial charge in [-0.2, -0.15) is 0 Å². The summed E-state index contributed by atoms with van der Waals surface area (Å²) in [6, 6.07) is 6.31. The van der Waals surface area contributed by atoms with Gasteiger partial charge in [-0.3, -0.25) is 9.59 Å². The van der Waals surface area contributed by atoms with Crippen molar-refractivity contribution in [2.45, 2.75) is 0 Å². The van der Waals surface area contributed by atoms with E-state index >= 15 is 0 Å². The Hall–Kier alpha value is -2.41. The van der Waals surface area contributed by atoms with Gasteiger partial charge in [0.25, 0.3) is 0 Å². The first-order valence-electron chi connectivity index (χ1n) is 6.37. The molecule has 0 bridgehead atoms. The zero-order valence-corrected chi connectivity index (χ0v) is 12.3. The van der Waals surface area contributed by atoms with Crippen molar-refractivity contribution in [3.8, 4) is 0 Å². The molecule has 0 atom stereocenters. The van der Waals surface area contributed by atoms with Crippen molar-refractivity contribution in [2.24, 2.45) is 0 Å². The van der Waals surface area contributed by atoms with Gasteiger partial charge in [0.1, 0.15) is 0 Å². The molecular weight excluding hydrogens is 274 g/mol. The average molecular weight is 293 g/mol. The number of carbonyl (C=O) groups excluding carboxylic acids is 3. The number of likely N-dealkylation sites (N-methyl/N-ethyl adjacent to an activating group) is 1. The smallest absolute Gasteiger partial charge is 0.339 e. The molecule has 1 aromatic carbocycles. The highest BCUT2D eigenvalue weighted by atomic mass is 16.5. The second-order valence-corrected chi connectivity index (χ2v) is 4.55. The van der Waals surface area contributed by atoms with E-state index in [0.29, 0.717) is 13.1 Å². The summed E-state index contributed by atoms with van der Waals surface area (Å²) < 4.78 is 4.61. The number of hydrogen-bond donors (Lipinski definition) is 2. The Balaban J connectivity index is 2.66. The van der Waals surface area contributed by atoms with Crippen LogP contribution < -0.4 is 10.6 Å². The highest BCUT2D eigenvalue weighted by Gasteiger charge is 2.17. The minimum Gasteiger partial charge on any atom is -0.465 e. The van der Waals surface area contributed by atoms with Gasteiger partial charge >= 0.3 is 17.8 Å². The SMILES string of the molecule is COC(=O)c1ccccc1NC(=O)C(=O)NCCN(C)C. The van der Waals surface area contributed by atoms with Crippen LogP contribution in [0.1, 0.15) is 10.4 Å². The minimum atomic E-state index is -0.829. The third-order valence-electron chi connectivity index (χ3n) is 2.63. The Morgan fingerprint density at radius 2 is 1.81 bits per heavy atom. The lowest BCUT2D eigenvalue weighted by atomic mass is 10.2. The predicted molar refractivity (Wildman–Crippen MR) is 78.0 cm³/mol. The number of anilines is 1. The van der Waals surface area contributed by atoms with Gasteiger partial charge in [0, 0.05) is 13.1 Å². The van der Waals surface area contributed by atoms with Crippen molar-refractivity contribution in [2.75, 3.05) is 39.6 Å². The van der Waals surface area contributed by atoms with Crippen LogP contribution in [0.5, 0.6) is 0 Å². The average Bonchev–Trinajstić information content (AvgIpc) is 2.46. The van der Waals surface area contributed by atoms with E-state index in [1.54, 1.807) is 12.1 Å². The molecular formula is C14H19N3O4. The molecule has 0 aromatic heterocycles. The summed E-state index contributed by atoms with van der Waals surface area (Å²) in [7, 11) is 4.96. The van der Waals surface area contributed by atoms with E-state index in [1.165, 1.54) is 19.2 Å². The van der Waals surface area contributed by atoms with Crippen LogP contribution in [0.3, 0.4) is 0 Å². The molecule has 2 amide bonds. The van der Waals surface area contributed by atoms with Crippen molar-refractivity contribution in [1.82, 2.24) is 10.2 Å². The molecule has 2 N–H and O–H groups in total. The number of amides is 2. The van der Waals surface area contributed by atoms with Crippen molar-refractivity contribution in [3.63, 3.8) is 0 Å². The summed E-state index contributed by atoms with van der Waals surface area (Å²) in [6.45, 7) is 0.982. The molecule has 0 spiro atoms. The molecule has 0 fully saturated rings. The number of ether oxygens (including phenoxy) is 1. The molecule has 0 unspecified atom stereocenters. The molecule has 1 rings (SSSR count). The first kappa shape index (κ1) is 16.6. The number of benzene rings is 1.